The van der Waals surface area contributed by atoms with Crippen LogP contribution in [-0.2, 0) is 16.1 Å². The van der Waals surface area contributed by atoms with E-state index in [1.54, 1.807) is 17.0 Å². The Kier molecular flexibility index (Phi) is 8.65. The highest BCUT2D eigenvalue weighted by molar-refractivity contribution is 6.42. The maximum absolute atomic E-state index is 12.6. The van der Waals surface area contributed by atoms with Gasteiger partial charge in [-0.1, -0.05) is 29.3 Å². The Bertz CT molecular complexity index is 522. The molecule has 7 heteroatoms. The third-order valence-corrected chi connectivity index (χ3v) is 4.85. The Morgan fingerprint density at radius 1 is 1.35 bits per heavy atom. The van der Waals surface area contributed by atoms with Crippen molar-refractivity contribution in [2.24, 2.45) is 11.7 Å². The minimum atomic E-state index is -0.466. The lowest BCUT2D eigenvalue weighted by molar-refractivity contribution is -0.135. The van der Waals surface area contributed by atoms with Crippen molar-refractivity contribution < 1.29 is 9.53 Å². The number of rotatable bonds is 5. The van der Waals surface area contributed by atoms with Crippen LogP contribution >= 0.6 is 35.6 Å². The third kappa shape index (κ3) is 5.50. The molecule has 2 rings (SSSR count). The van der Waals surface area contributed by atoms with Crippen molar-refractivity contribution in [1.29, 1.82) is 0 Å². The van der Waals surface area contributed by atoms with Crippen LogP contribution in [0.15, 0.2) is 18.2 Å². The summed E-state index contributed by atoms with van der Waals surface area (Å²) in [5, 5.41) is 1.01. The number of carbonyl (C=O) groups excluding carboxylic acids is 1. The molecule has 1 aliphatic rings. The number of halogens is 3. The minimum Gasteiger partial charge on any atom is -0.381 e. The molecule has 2 N–H and O–H groups in total. The van der Waals surface area contributed by atoms with Crippen molar-refractivity contribution in [1.82, 2.24) is 4.90 Å². The van der Waals surface area contributed by atoms with Crippen LogP contribution in [-0.4, -0.2) is 36.6 Å². The fourth-order valence-corrected chi connectivity index (χ4v) is 3.01. The molecule has 1 aromatic carbocycles. The van der Waals surface area contributed by atoms with E-state index in [4.69, 9.17) is 33.7 Å². The van der Waals surface area contributed by atoms with Gasteiger partial charge in [-0.15, -0.1) is 12.4 Å². The summed E-state index contributed by atoms with van der Waals surface area (Å²) in [5.41, 5.74) is 7.13. The molecule has 0 spiro atoms. The summed E-state index contributed by atoms with van der Waals surface area (Å²) in [5.74, 6) is 0.185. The van der Waals surface area contributed by atoms with Gasteiger partial charge in [0.25, 0.3) is 0 Å². The van der Waals surface area contributed by atoms with Crippen LogP contribution in [0.1, 0.15) is 25.3 Å². The molecule has 1 aliphatic heterocycles. The maximum atomic E-state index is 12.6. The number of ether oxygens (including phenoxy) is 1. The Morgan fingerprint density at radius 2 is 2.00 bits per heavy atom. The molecule has 23 heavy (non-hydrogen) atoms. The Balaban J connectivity index is 0.00000264. The second-order valence-corrected chi connectivity index (χ2v) is 6.39. The summed E-state index contributed by atoms with van der Waals surface area (Å²) in [6.45, 7) is 4.42. The highest BCUT2D eigenvalue weighted by atomic mass is 35.5. The molecular weight excluding hydrogens is 359 g/mol. The van der Waals surface area contributed by atoms with Gasteiger partial charge in [-0.05, 0) is 43.4 Å². The molecule has 1 heterocycles. The zero-order valence-corrected chi connectivity index (χ0v) is 15.5. The lowest BCUT2D eigenvalue weighted by Gasteiger charge is -2.31. The van der Waals surface area contributed by atoms with Crippen LogP contribution in [0.5, 0.6) is 0 Å². The van der Waals surface area contributed by atoms with Crippen LogP contribution in [0.3, 0.4) is 0 Å². The van der Waals surface area contributed by atoms with Gasteiger partial charge in [0.2, 0.25) is 5.91 Å². The molecule has 1 saturated heterocycles. The van der Waals surface area contributed by atoms with E-state index in [0.717, 1.165) is 18.4 Å². The zero-order valence-electron chi connectivity index (χ0n) is 13.1. The number of likely N-dealkylation sites (N-methyl/N-ethyl adjacent to an activating group) is 1. The van der Waals surface area contributed by atoms with Gasteiger partial charge in [-0.2, -0.15) is 0 Å². The summed E-state index contributed by atoms with van der Waals surface area (Å²) in [6.07, 6.45) is 1.69. The monoisotopic (exact) mass is 380 g/mol. The zero-order chi connectivity index (χ0) is 16.1. The van der Waals surface area contributed by atoms with E-state index < -0.39 is 6.04 Å². The van der Waals surface area contributed by atoms with Crippen molar-refractivity contribution in [2.75, 3.05) is 19.8 Å². The Hall–Kier alpha value is -0.520. The molecule has 0 aromatic heterocycles. The van der Waals surface area contributed by atoms with Crippen LogP contribution in [0.25, 0.3) is 0 Å². The van der Waals surface area contributed by atoms with Crippen molar-refractivity contribution in [3.63, 3.8) is 0 Å². The van der Waals surface area contributed by atoms with Crippen LogP contribution < -0.4 is 5.73 Å². The molecule has 0 saturated carbocycles. The molecule has 0 radical (unpaired) electrons. The average molecular weight is 382 g/mol. The van der Waals surface area contributed by atoms with E-state index >= 15 is 0 Å². The fraction of sp³-hybridized carbons (Fsp3) is 0.562. The van der Waals surface area contributed by atoms with Gasteiger partial charge >= 0.3 is 0 Å². The van der Waals surface area contributed by atoms with Gasteiger partial charge in [-0.3, -0.25) is 4.79 Å². The minimum absolute atomic E-state index is 0. The highest BCUT2D eigenvalue weighted by Crippen LogP contribution is 2.24. The smallest absolute Gasteiger partial charge is 0.240 e. The molecule has 0 bridgehead atoms. The fourth-order valence-electron chi connectivity index (χ4n) is 2.69. The number of hydrogen-bond acceptors (Lipinski definition) is 3. The van der Waals surface area contributed by atoms with E-state index in [9.17, 15) is 4.79 Å². The standard InChI is InChI=1S/C16H22Cl2N2O2.ClH/c1-2-20(10-11-3-4-13(17)14(18)9-11)16(21)15(19)12-5-7-22-8-6-12;/h3-4,9,12,15H,2,5-8,10,19H2,1H3;1H. The quantitative estimate of drug-likeness (QED) is 0.849. The molecule has 0 aliphatic carbocycles. The molecule has 1 aromatic rings. The van der Waals surface area contributed by atoms with Gasteiger partial charge in [0.15, 0.2) is 0 Å². The van der Waals surface area contributed by atoms with Gasteiger partial charge in [0, 0.05) is 26.3 Å². The third-order valence-electron chi connectivity index (χ3n) is 4.11. The number of nitrogens with two attached hydrogens (primary N) is 1. The summed E-state index contributed by atoms with van der Waals surface area (Å²) >= 11 is 12.0. The molecule has 1 fully saturated rings. The first-order chi connectivity index (χ1) is 10.5. The van der Waals surface area contributed by atoms with Crippen molar-refractivity contribution in [2.45, 2.75) is 32.4 Å². The van der Waals surface area contributed by atoms with Gasteiger partial charge in [-0.25, -0.2) is 0 Å². The average Bonchev–Trinajstić information content (AvgIpc) is 2.55. The molecule has 1 unspecified atom stereocenters. The summed E-state index contributed by atoms with van der Waals surface area (Å²) in [7, 11) is 0. The summed E-state index contributed by atoms with van der Waals surface area (Å²) in [4.78, 5) is 14.4. The topological polar surface area (TPSA) is 55.6 Å². The van der Waals surface area contributed by atoms with Gasteiger partial charge < -0.3 is 15.4 Å². The van der Waals surface area contributed by atoms with Crippen LogP contribution in [0, 0.1) is 5.92 Å². The molecule has 4 nitrogen and oxygen atoms in total. The first-order valence-electron chi connectivity index (χ1n) is 7.59. The molecule has 1 atom stereocenters. The maximum Gasteiger partial charge on any atom is 0.240 e. The normalized spacial score (nSPS) is 16.5. The van der Waals surface area contributed by atoms with E-state index in [1.165, 1.54) is 0 Å². The van der Waals surface area contributed by atoms with E-state index in [-0.39, 0.29) is 24.2 Å². The lowest BCUT2D eigenvalue weighted by atomic mass is 9.91. The highest BCUT2D eigenvalue weighted by Gasteiger charge is 2.29. The molecular formula is C16H23Cl3N2O2. The number of hydrogen-bond donors (Lipinski definition) is 1. The largest absolute Gasteiger partial charge is 0.381 e. The van der Waals surface area contributed by atoms with E-state index in [1.807, 2.05) is 13.0 Å². The Labute approximate surface area is 153 Å². The predicted octanol–water partition coefficient (Wildman–Crippen LogP) is 3.52. The van der Waals surface area contributed by atoms with E-state index in [2.05, 4.69) is 0 Å². The SMILES string of the molecule is CCN(Cc1ccc(Cl)c(Cl)c1)C(=O)C(N)C1CCOCC1.Cl. The Morgan fingerprint density at radius 3 is 2.57 bits per heavy atom. The van der Waals surface area contributed by atoms with Crippen LogP contribution in [0.4, 0.5) is 0 Å². The number of benzene rings is 1. The summed E-state index contributed by atoms with van der Waals surface area (Å²) in [6, 6.07) is 4.95. The number of amides is 1. The molecule has 130 valence electrons. The van der Waals surface area contributed by atoms with Crippen LogP contribution in [0.2, 0.25) is 10.0 Å². The second-order valence-electron chi connectivity index (χ2n) is 5.58. The number of nitrogens with zero attached hydrogens (tertiary/aromatic N) is 1. The van der Waals surface area contributed by atoms with Gasteiger partial charge in [0.05, 0.1) is 16.1 Å². The molecule has 1 amide bonds. The van der Waals surface area contributed by atoms with Crippen molar-refractivity contribution in [3.8, 4) is 0 Å². The summed E-state index contributed by atoms with van der Waals surface area (Å²) < 4.78 is 5.33. The first-order valence-corrected chi connectivity index (χ1v) is 8.34. The number of carbonyl (C=O) groups is 1. The first kappa shape index (κ1) is 20.5. The van der Waals surface area contributed by atoms with Crippen molar-refractivity contribution in [3.05, 3.63) is 33.8 Å². The van der Waals surface area contributed by atoms with Gasteiger partial charge in [0.1, 0.15) is 0 Å². The van der Waals surface area contributed by atoms with Crippen molar-refractivity contribution >= 4 is 41.5 Å². The predicted molar refractivity (Wildman–Crippen MR) is 96.3 cm³/mol. The lowest BCUT2D eigenvalue weighted by Crippen LogP contribution is -2.48. The van der Waals surface area contributed by atoms with E-state index in [0.29, 0.717) is 36.3 Å². The second kappa shape index (κ2) is 9.70.